The van der Waals surface area contributed by atoms with E-state index in [9.17, 15) is 4.79 Å². The van der Waals surface area contributed by atoms with Crippen LogP contribution in [0.3, 0.4) is 0 Å². The van der Waals surface area contributed by atoms with Crippen molar-refractivity contribution in [3.63, 3.8) is 0 Å². The van der Waals surface area contributed by atoms with E-state index in [4.69, 9.17) is 23.7 Å². The van der Waals surface area contributed by atoms with Crippen molar-refractivity contribution in [2.45, 2.75) is 104 Å². The molecule has 0 saturated heterocycles. The van der Waals surface area contributed by atoms with Crippen molar-refractivity contribution >= 4 is 5.97 Å². The normalized spacial score (nSPS) is 34.0. The fourth-order valence-corrected chi connectivity index (χ4v) is 5.93. The molecule has 0 aromatic rings. The Morgan fingerprint density at radius 1 is 0.812 bits per heavy atom. The summed E-state index contributed by atoms with van der Waals surface area (Å²) in [5.74, 6) is 0.0552. The number of hydrogen-bond acceptors (Lipinski definition) is 6. The van der Waals surface area contributed by atoms with Crippen molar-refractivity contribution in [3.05, 3.63) is 12.2 Å². The second-order valence-corrected chi connectivity index (χ2v) is 13.1. The van der Waals surface area contributed by atoms with E-state index in [1.54, 1.807) is 6.92 Å². The predicted molar refractivity (Wildman–Crippen MR) is 123 cm³/mol. The van der Waals surface area contributed by atoms with Crippen molar-refractivity contribution in [1.82, 2.24) is 0 Å². The molecular formula is C26H44O6. The van der Waals surface area contributed by atoms with Crippen LogP contribution in [0.4, 0.5) is 0 Å². The van der Waals surface area contributed by atoms with Gasteiger partial charge in [-0.05, 0) is 42.9 Å². The number of carbonyl (C=O) groups excluding carboxylic acids is 1. The van der Waals surface area contributed by atoms with Gasteiger partial charge in [-0.2, -0.15) is 0 Å². The predicted octanol–water partition coefficient (Wildman–Crippen LogP) is 5.39. The zero-order valence-electron chi connectivity index (χ0n) is 21.3. The van der Waals surface area contributed by atoms with E-state index in [0.29, 0.717) is 37.5 Å². The first-order valence-corrected chi connectivity index (χ1v) is 12.0. The maximum Gasteiger partial charge on any atom is 0.333 e. The molecule has 0 spiro atoms. The van der Waals surface area contributed by atoms with Crippen molar-refractivity contribution in [2.75, 3.05) is 26.8 Å². The van der Waals surface area contributed by atoms with E-state index >= 15 is 0 Å². The molecule has 4 bridgehead atoms. The van der Waals surface area contributed by atoms with Crippen molar-refractivity contribution in [1.29, 1.82) is 0 Å². The first kappa shape index (κ1) is 25.7. The molecule has 184 valence electrons. The van der Waals surface area contributed by atoms with Gasteiger partial charge in [-0.3, -0.25) is 0 Å². The number of esters is 1. The van der Waals surface area contributed by atoms with Crippen LogP contribution >= 0.6 is 0 Å². The van der Waals surface area contributed by atoms with E-state index in [0.717, 1.165) is 25.7 Å². The molecule has 2 unspecified atom stereocenters. The Morgan fingerprint density at radius 2 is 1.22 bits per heavy atom. The molecule has 2 atom stereocenters. The molecule has 0 N–H and O–H groups in total. The summed E-state index contributed by atoms with van der Waals surface area (Å²) in [4.78, 5) is 12.5. The molecule has 6 nitrogen and oxygen atoms in total. The van der Waals surface area contributed by atoms with Gasteiger partial charge in [0.25, 0.3) is 0 Å². The van der Waals surface area contributed by atoms with Crippen LogP contribution in [-0.4, -0.2) is 49.6 Å². The highest BCUT2D eigenvalue weighted by Gasteiger charge is 2.66. The molecule has 4 rings (SSSR count). The van der Waals surface area contributed by atoms with Crippen LogP contribution < -0.4 is 0 Å². The van der Waals surface area contributed by atoms with Crippen molar-refractivity contribution < 1.29 is 28.5 Å². The van der Waals surface area contributed by atoms with Gasteiger partial charge in [0.2, 0.25) is 0 Å². The van der Waals surface area contributed by atoms with Gasteiger partial charge in [-0.1, -0.05) is 48.1 Å². The van der Waals surface area contributed by atoms with Gasteiger partial charge >= 0.3 is 5.97 Å². The highest BCUT2D eigenvalue weighted by atomic mass is 16.7. The lowest BCUT2D eigenvalue weighted by molar-refractivity contribution is -0.309. The van der Waals surface area contributed by atoms with Crippen LogP contribution in [0.25, 0.3) is 0 Å². The summed E-state index contributed by atoms with van der Waals surface area (Å²) in [5.41, 5.74) is -0.806. The second kappa shape index (κ2) is 9.01. The maximum atomic E-state index is 12.5. The minimum atomic E-state index is -0.580. The van der Waals surface area contributed by atoms with E-state index < -0.39 is 16.8 Å². The standard InChI is InChI=1S/C26H44O6/c1-19(2)21(27)32-26-11-20-9-24(13-26,30-17-28-15-22(3,4)5)12-25(10-20,14-26)31-18-29-16-23(6,7)8/h20H,1,9-18H2,2-8H3. The molecule has 6 heteroatoms. The van der Waals surface area contributed by atoms with Gasteiger partial charge in [-0.15, -0.1) is 0 Å². The topological polar surface area (TPSA) is 63.2 Å². The largest absolute Gasteiger partial charge is 0.455 e. The summed E-state index contributed by atoms with van der Waals surface area (Å²) in [6.45, 7) is 20.1. The number of ether oxygens (including phenoxy) is 5. The van der Waals surface area contributed by atoms with Gasteiger partial charge in [0.1, 0.15) is 19.2 Å². The Hall–Kier alpha value is -0.950. The molecule has 0 aliphatic heterocycles. The first-order chi connectivity index (χ1) is 14.6. The first-order valence-electron chi connectivity index (χ1n) is 12.0. The van der Waals surface area contributed by atoms with Gasteiger partial charge in [-0.25, -0.2) is 4.79 Å². The van der Waals surface area contributed by atoms with Crippen molar-refractivity contribution in [3.8, 4) is 0 Å². The average molecular weight is 453 g/mol. The Labute approximate surface area is 194 Å². The highest BCUT2D eigenvalue weighted by Crippen LogP contribution is 2.63. The Kier molecular flexibility index (Phi) is 7.23. The van der Waals surface area contributed by atoms with E-state index in [1.807, 2.05) is 0 Å². The molecule has 0 amide bonds. The number of carbonyl (C=O) groups is 1. The zero-order valence-corrected chi connectivity index (χ0v) is 21.3. The molecule has 4 aliphatic rings. The third-order valence-electron chi connectivity index (χ3n) is 6.54. The smallest absolute Gasteiger partial charge is 0.333 e. The molecule has 0 heterocycles. The molecule has 4 saturated carbocycles. The van der Waals surface area contributed by atoms with Crippen LogP contribution in [0, 0.1) is 16.7 Å². The van der Waals surface area contributed by atoms with Gasteiger partial charge in [0, 0.05) is 24.8 Å². The van der Waals surface area contributed by atoms with Crippen LogP contribution in [0.1, 0.15) is 87.0 Å². The monoisotopic (exact) mass is 452 g/mol. The lowest BCUT2D eigenvalue weighted by Crippen LogP contribution is -2.68. The van der Waals surface area contributed by atoms with Crippen LogP contribution in [0.2, 0.25) is 0 Å². The van der Waals surface area contributed by atoms with Gasteiger partial charge in [0.15, 0.2) is 0 Å². The summed E-state index contributed by atoms with van der Waals surface area (Å²) in [6, 6.07) is 0. The van der Waals surface area contributed by atoms with Crippen LogP contribution in [-0.2, 0) is 28.5 Å². The minimum absolute atomic E-state index is 0.0811. The summed E-state index contributed by atoms with van der Waals surface area (Å²) >= 11 is 0. The van der Waals surface area contributed by atoms with E-state index in [1.165, 1.54) is 0 Å². The van der Waals surface area contributed by atoms with Crippen molar-refractivity contribution in [2.24, 2.45) is 16.7 Å². The lowest BCUT2D eigenvalue weighted by Gasteiger charge is -2.64. The lowest BCUT2D eigenvalue weighted by atomic mass is 9.50. The SMILES string of the molecule is C=C(C)C(=O)OC12CC3CC(OCOCC(C)(C)C)(CC(OCOCC(C)(C)C)(C3)C1)C2. The Morgan fingerprint density at radius 3 is 1.62 bits per heavy atom. The van der Waals surface area contributed by atoms with Crippen LogP contribution in [0.15, 0.2) is 12.2 Å². The minimum Gasteiger partial charge on any atom is -0.455 e. The molecule has 4 aliphatic carbocycles. The zero-order chi connectivity index (χ0) is 23.8. The maximum absolute atomic E-state index is 12.5. The molecule has 0 aromatic carbocycles. The summed E-state index contributed by atoms with van der Waals surface area (Å²) in [7, 11) is 0. The van der Waals surface area contributed by atoms with Gasteiger partial charge in [0.05, 0.1) is 24.4 Å². The van der Waals surface area contributed by atoms with Gasteiger partial charge < -0.3 is 23.7 Å². The number of rotatable bonds is 10. The molecule has 32 heavy (non-hydrogen) atoms. The second-order valence-electron chi connectivity index (χ2n) is 13.1. The molecule has 0 radical (unpaired) electrons. The summed E-state index contributed by atoms with van der Waals surface area (Å²) in [5, 5.41) is 0. The Balaban J connectivity index is 1.73. The Bertz CT molecular complexity index is 662. The third-order valence-corrected chi connectivity index (χ3v) is 6.54. The number of hydrogen-bond donors (Lipinski definition) is 0. The van der Waals surface area contributed by atoms with Crippen LogP contribution in [0.5, 0.6) is 0 Å². The van der Waals surface area contributed by atoms with E-state index in [-0.39, 0.29) is 30.4 Å². The highest BCUT2D eigenvalue weighted by molar-refractivity contribution is 5.87. The average Bonchev–Trinajstić information content (AvgIpc) is 2.59. The summed E-state index contributed by atoms with van der Waals surface area (Å²) < 4.78 is 30.7. The molecular weight excluding hydrogens is 408 g/mol. The molecule has 4 fully saturated rings. The summed E-state index contributed by atoms with van der Waals surface area (Å²) in [6.07, 6.45) is 4.90. The third kappa shape index (κ3) is 6.55. The fourth-order valence-electron chi connectivity index (χ4n) is 5.93. The molecule has 0 aromatic heterocycles. The fraction of sp³-hybridized carbons (Fsp3) is 0.885. The van der Waals surface area contributed by atoms with E-state index in [2.05, 4.69) is 48.1 Å². The quantitative estimate of drug-likeness (QED) is 0.192.